The first-order valence-electron chi connectivity index (χ1n) is 8.06. The van der Waals surface area contributed by atoms with Crippen molar-refractivity contribution < 1.29 is 24.0 Å². The molecule has 10 heteroatoms. The molecule has 0 spiro atoms. The summed E-state index contributed by atoms with van der Waals surface area (Å²) in [6.07, 6.45) is 1.43. The van der Waals surface area contributed by atoms with Gasteiger partial charge < -0.3 is 15.2 Å². The van der Waals surface area contributed by atoms with Gasteiger partial charge in [0.05, 0.1) is 22.1 Å². The molecular formula is C18H14FN3O5S. The highest BCUT2D eigenvalue weighted by atomic mass is 32.2. The Morgan fingerprint density at radius 1 is 1.36 bits per heavy atom. The zero-order valence-electron chi connectivity index (χ0n) is 14.5. The third kappa shape index (κ3) is 4.29. The number of rotatable bonds is 5. The number of halogens is 1. The number of nitrogens with one attached hydrogen (secondary N) is 1. The van der Waals surface area contributed by atoms with Crippen LogP contribution in [0.1, 0.15) is 12.5 Å². The number of hydrogen-bond donors (Lipinski definition) is 2. The van der Waals surface area contributed by atoms with E-state index in [9.17, 15) is 24.4 Å². The molecule has 0 atom stereocenters. The maximum absolute atomic E-state index is 13.0. The van der Waals surface area contributed by atoms with E-state index in [0.29, 0.717) is 16.4 Å². The molecule has 1 aliphatic rings. The van der Waals surface area contributed by atoms with Crippen LogP contribution in [0, 0.1) is 15.9 Å². The van der Waals surface area contributed by atoms with Gasteiger partial charge in [-0.1, -0.05) is 0 Å². The Labute approximate surface area is 162 Å². The van der Waals surface area contributed by atoms with Crippen LogP contribution >= 0.6 is 11.8 Å². The molecule has 0 aliphatic carbocycles. The lowest BCUT2D eigenvalue weighted by Gasteiger charge is -2.07. The molecule has 2 aromatic carbocycles. The Morgan fingerprint density at radius 2 is 2.07 bits per heavy atom. The second kappa shape index (κ2) is 8.09. The zero-order valence-corrected chi connectivity index (χ0v) is 15.3. The molecule has 1 heterocycles. The van der Waals surface area contributed by atoms with Crippen LogP contribution < -0.4 is 10.1 Å². The lowest BCUT2D eigenvalue weighted by Crippen LogP contribution is -2.19. The highest BCUT2D eigenvalue weighted by molar-refractivity contribution is 8.18. The fourth-order valence-corrected chi connectivity index (χ4v) is 3.21. The number of carbonyl (C=O) groups excluding carboxylic acids is 1. The number of ether oxygens (including phenoxy) is 1. The molecule has 1 amide bonds. The number of benzene rings is 2. The molecule has 144 valence electrons. The standard InChI is InChI=1S/C18H14FN3O5S/c1-2-27-14-8-10(7-13(16(14)23)22(25)26)9-15-17(24)21-18(28-15)20-12-5-3-11(19)4-6-12/h3-9,23H,2H2,1H3,(H,20,21,24)/b15-9+. The van der Waals surface area contributed by atoms with E-state index in [2.05, 4.69) is 10.3 Å². The number of carbonyl (C=O) groups is 1. The predicted octanol–water partition coefficient (Wildman–Crippen LogP) is 3.73. The van der Waals surface area contributed by atoms with Crippen LogP contribution in [0.3, 0.4) is 0 Å². The van der Waals surface area contributed by atoms with Gasteiger partial charge >= 0.3 is 5.69 Å². The van der Waals surface area contributed by atoms with Gasteiger partial charge in [0.1, 0.15) is 5.82 Å². The van der Waals surface area contributed by atoms with Gasteiger partial charge in [0.2, 0.25) is 5.75 Å². The molecule has 0 unspecified atom stereocenters. The molecule has 2 aromatic rings. The second-order valence-corrected chi connectivity index (χ2v) is 6.57. The fourth-order valence-electron chi connectivity index (χ4n) is 2.37. The molecule has 0 saturated carbocycles. The second-order valence-electron chi connectivity index (χ2n) is 5.54. The van der Waals surface area contributed by atoms with Crippen LogP contribution in [-0.2, 0) is 4.79 Å². The van der Waals surface area contributed by atoms with Gasteiger partial charge in [-0.15, -0.1) is 0 Å². The monoisotopic (exact) mass is 403 g/mol. The quantitative estimate of drug-likeness (QED) is 0.447. The molecular weight excluding hydrogens is 389 g/mol. The van der Waals surface area contributed by atoms with Crippen LogP contribution in [0.4, 0.5) is 15.8 Å². The van der Waals surface area contributed by atoms with Crippen molar-refractivity contribution in [1.29, 1.82) is 0 Å². The van der Waals surface area contributed by atoms with Crippen LogP contribution in [0.15, 0.2) is 46.3 Å². The zero-order chi connectivity index (χ0) is 20.3. The summed E-state index contributed by atoms with van der Waals surface area (Å²) in [7, 11) is 0. The van der Waals surface area contributed by atoms with Crippen molar-refractivity contribution >= 4 is 40.3 Å². The summed E-state index contributed by atoms with van der Waals surface area (Å²) in [6.45, 7) is 1.88. The number of amidine groups is 1. The van der Waals surface area contributed by atoms with E-state index >= 15 is 0 Å². The Balaban J connectivity index is 1.92. The molecule has 8 nitrogen and oxygen atoms in total. The maximum atomic E-state index is 13.0. The number of phenols is 1. The van der Waals surface area contributed by atoms with Gasteiger partial charge in [0.15, 0.2) is 10.9 Å². The van der Waals surface area contributed by atoms with E-state index in [-0.39, 0.29) is 17.3 Å². The number of nitrogens with zero attached hydrogens (tertiary/aromatic N) is 2. The van der Waals surface area contributed by atoms with E-state index in [1.54, 1.807) is 6.92 Å². The number of amides is 1. The van der Waals surface area contributed by atoms with Gasteiger partial charge in [-0.3, -0.25) is 14.9 Å². The van der Waals surface area contributed by atoms with Crippen molar-refractivity contribution in [2.75, 3.05) is 6.61 Å². The minimum atomic E-state index is -0.733. The van der Waals surface area contributed by atoms with Crippen LogP contribution in [0.2, 0.25) is 0 Å². The van der Waals surface area contributed by atoms with Crippen molar-refractivity contribution in [3.63, 3.8) is 0 Å². The maximum Gasteiger partial charge on any atom is 0.315 e. The topological polar surface area (TPSA) is 114 Å². The van der Waals surface area contributed by atoms with Crippen molar-refractivity contribution in [3.8, 4) is 11.5 Å². The minimum Gasteiger partial charge on any atom is -0.500 e. The number of nitro benzene ring substituents is 1. The molecule has 1 saturated heterocycles. The number of hydrogen-bond acceptors (Lipinski definition) is 7. The van der Waals surface area contributed by atoms with E-state index in [4.69, 9.17) is 4.74 Å². The van der Waals surface area contributed by atoms with E-state index < -0.39 is 28.1 Å². The van der Waals surface area contributed by atoms with Crippen molar-refractivity contribution in [1.82, 2.24) is 5.32 Å². The van der Waals surface area contributed by atoms with Gasteiger partial charge in [0.25, 0.3) is 5.91 Å². The van der Waals surface area contributed by atoms with Crippen molar-refractivity contribution in [2.45, 2.75) is 6.92 Å². The van der Waals surface area contributed by atoms with E-state index in [1.807, 2.05) is 0 Å². The Hall–Kier alpha value is -3.40. The molecule has 0 bridgehead atoms. The highest BCUT2D eigenvalue weighted by Gasteiger charge is 2.25. The third-order valence-corrected chi connectivity index (χ3v) is 4.49. The van der Waals surface area contributed by atoms with E-state index in [1.165, 1.54) is 36.4 Å². The molecule has 3 rings (SSSR count). The largest absolute Gasteiger partial charge is 0.500 e. The molecule has 1 aliphatic heterocycles. The van der Waals surface area contributed by atoms with Crippen molar-refractivity contribution in [3.05, 3.63) is 62.8 Å². The molecule has 28 heavy (non-hydrogen) atoms. The highest BCUT2D eigenvalue weighted by Crippen LogP contribution is 2.38. The normalized spacial score (nSPS) is 16.4. The molecule has 1 fully saturated rings. The summed E-state index contributed by atoms with van der Waals surface area (Å²) in [5.74, 6) is -1.45. The average Bonchev–Trinajstić information content (AvgIpc) is 2.98. The SMILES string of the molecule is CCOc1cc(/C=C2/SC(=Nc3ccc(F)cc3)NC2=O)cc([N+](=O)[O-])c1O. The fraction of sp³-hybridized carbons (Fsp3) is 0.111. The lowest BCUT2D eigenvalue weighted by atomic mass is 10.1. The summed E-state index contributed by atoms with van der Waals surface area (Å²) in [5, 5.41) is 24.0. The number of phenolic OH excluding ortho intramolecular Hbond substituents is 1. The summed E-state index contributed by atoms with van der Waals surface area (Å²) < 4.78 is 18.2. The Bertz CT molecular complexity index is 1010. The predicted molar refractivity (Wildman–Crippen MR) is 103 cm³/mol. The first-order valence-corrected chi connectivity index (χ1v) is 8.88. The number of nitro groups is 1. The Morgan fingerprint density at radius 3 is 2.71 bits per heavy atom. The first kappa shape index (κ1) is 19.4. The number of thioether (sulfide) groups is 1. The molecule has 0 radical (unpaired) electrons. The smallest absolute Gasteiger partial charge is 0.315 e. The summed E-state index contributed by atoms with van der Waals surface area (Å²) >= 11 is 1.03. The summed E-state index contributed by atoms with van der Waals surface area (Å²) in [5.41, 5.74) is 0.249. The summed E-state index contributed by atoms with van der Waals surface area (Å²) in [6, 6.07) is 7.99. The molecule has 0 aromatic heterocycles. The van der Waals surface area contributed by atoms with Crippen LogP contribution in [0.5, 0.6) is 11.5 Å². The average molecular weight is 403 g/mol. The number of aliphatic imine (C=N–C) groups is 1. The van der Waals surface area contributed by atoms with Gasteiger partial charge in [-0.2, -0.15) is 0 Å². The third-order valence-electron chi connectivity index (χ3n) is 3.58. The van der Waals surface area contributed by atoms with Crippen molar-refractivity contribution in [2.24, 2.45) is 4.99 Å². The summed E-state index contributed by atoms with van der Waals surface area (Å²) in [4.78, 5) is 27.1. The van der Waals surface area contributed by atoms with Gasteiger partial charge in [-0.25, -0.2) is 9.38 Å². The lowest BCUT2D eigenvalue weighted by molar-refractivity contribution is -0.386. The minimum absolute atomic E-state index is 0.0489. The molecule has 2 N–H and O–H groups in total. The number of aromatic hydroxyl groups is 1. The van der Waals surface area contributed by atoms with Crippen LogP contribution in [0.25, 0.3) is 6.08 Å². The first-order chi connectivity index (χ1) is 13.4. The Kier molecular flexibility index (Phi) is 5.59. The van der Waals surface area contributed by atoms with Gasteiger partial charge in [-0.05, 0) is 60.7 Å². The van der Waals surface area contributed by atoms with Crippen LogP contribution in [-0.4, -0.2) is 27.7 Å². The van der Waals surface area contributed by atoms with E-state index in [0.717, 1.165) is 17.8 Å². The van der Waals surface area contributed by atoms with Gasteiger partial charge in [0, 0.05) is 6.07 Å².